The third-order valence-corrected chi connectivity index (χ3v) is 11.9. The van der Waals surface area contributed by atoms with E-state index in [2.05, 4.69) is 9.88 Å². The van der Waals surface area contributed by atoms with Gasteiger partial charge in [-0.3, -0.25) is 24.2 Å². The minimum Gasteiger partial charge on any atom is -0.484 e. The summed E-state index contributed by atoms with van der Waals surface area (Å²) < 4.78 is 38.9. The first-order valence-corrected chi connectivity index (χ1v) is 20.1. The number of benzene rings is 2. The van der Waals surface area contributed by atoms with Gasteiger partial charge in [-0.25, -0.2) is 8.78 Å². The molecule has 0 unspecified atom stereocenters. The molecule has 3 aliphatic heterocycles. The number of ether oxygens (including phenoxy) is 1. The zero-order valence-electron chi connectivity index (χ0n) is 32.4. The van der Waals surface area contributed by atoms with Gasteiger partial charge in [-0.15, -0.1) is 0 Å². The monoisotopic (exact) mass is 767 g/mol. The second-order valence-corrected chi connectivity index (χ2v) is 15.8. The second-order valence-electron chi connectivity index (χ2n) is 15.8. The summed E-state index contributed by atoms with van der Waals surface area (Å²) in [5.41, 5.74) is 2.60. The Bertz CT molecular complexity index is 2130. The number of fused-ring (bicyclic) bond motifs is 1. The third-order valence-electron chi connectivity index (χ3n) is 11.9. The predicted molar refractivity (Wildman–Crippen MR) is 212 cm³/mol. The van der Waals surface area contributed by atoms with Gasteiger partial charge >= 0.3 is 0 Å². The van der Waals surface area contributed by atoms with Crippen molar-refractivity contribution in [1.82, 2.24) is 19.4 Å². The second kappa shape index (κ2) is 17.4. The summed E-state index contributed by atoms with van der Waals surface area (Å²) in [5.74, 6) is -0.286. The van der Waals surface area contributed by atoms with E-state index in [1.807, 2.05) is 24.8 Å². The van der Waals surface area contributed by atoms with Crippen molar-refractivity contribution in [1.29, 1.82) is 0 Å². The van der Waals surface area contributed by atoms with Crippen LogP contribution in [-0.4, -0.2) is 82.8 Å². The van der Waals surface area contributed by atoms with E-state index < -0.39 is 11.6 Å². The molecule has 0 radical (unpaired) electrons. The summed E-state index contributed by atoms with van der Waals surface area (Å²) in [6.07, 6.45) is 10.7. The predicted octanol–water partition coefficient (Wildman–Crippen LogP) is 6.72. The molecule has 296 valence electrons. The third kappa shape index (κ3) is 8.85. The summed E-state index contributed by atoms with van der Waals surface area (Å²) >= 11 is 0. The number of carbonyl (C=O) groups excluding carboxylic acids is 3. The number of rotatable bonds is 12. The largest absolute Gasteiger partial charge is 0.484 e. The molecular weight excluding hydrogens is 717 g/mol. The summed E-state index contributed by atoms with van der Waals surface area (Å²) in [5, 5.41) is 1.06. The van der Waals surface area contributed by atoms with Gasteiger partial charge in [-0.1, -0.05) is 19.4 Å². The standard InChI is InChI=1S/C44H51F2N5O5/c1-3-4-14-50-27-38(35-7-13-47-25-37(35)44(50)55)32-21-39(45)36(40(46)22-32)20-30-8-15-48(16-9-30)26-31-10-17-49(18-11-31)43(54)28-56-34-6-5-29(2)41(24-34)51-19-12-33(52)23-42(51)53/h5-7,13,21-22,24-25,27,30-31H,3-4,8-12,14-20,23,26,28H2,1-2H3. The molecule has 10 nitrogen and oxygen atoms in total. The lowest BCUT2D eigenvalue weighted by atomic mass is 9.88. The SMILES string of the molecule is CCCCn1cc(-c2cc(F)c(CC3CCN(CC4CCN(C(=O)COc5ccc(C)c(N6CCC(=O)CC6=O)c5)CC4)CC3)c(F)c2)c2ccncc2c1=O. The molecule has 3 aliphatic rings. The Morgan fingerprint density at radius 2 is 1.64 bits per heavy atom. The van der Waals surface area contributed by atoms with Crippen LogP contribution >= 0.6 is 0 Å². The number of amides is 2. The number of carbonyl (C=O) groups is 3. The van der Waals surface area contributed by atoms with Gasteiger partial charge in [0.1, 0.15) is 23.2 Å². The maximum absolute atomic E-state index is 15.7. The smallest absolute Gasteiger partial charge is 0.260 e. The Labute approximate surface area is 326 Å². The number of hydrogen-bond acceptors (Lipinski definition) is 7. The van der Waals surface area contributed by atoms with Crippen LogP contribution in [0.2, 0.25) is 0 Å². The van der Waals surface area contributed by atoms with E-state index in [-0.39, 0.29) is 47.7 Å². The topological polar surface area (TPSA) is 105 Å². The number of pyridine rings is 2. The van der Waals surface area contributed by atoms with E-state index in [4.69, 9.17) is 4.74 Å². The average molecular weight is 768 g/mol. The number of halogens is 2. The van der Waals surface area contributed by atoms with Crippen LogP contribution in [0.5, 0.6) is 5.75 Å². The van der Waals surface area contributed by atoms with Gasteiger partial charge in [-0.05, 0) is 111 Å². The van der Waals surface area contributed by atoms with Crippen molar-refractivity contribution < 1.29 is 27.9 Å². The molecule has 0 atom stereocenters. The van der Waals surface area contributed by atoms with Gasteiger partial charge in [0.25, 0.3) is 11.5 Å². The first kappa shape index (κ1) is 39.3. The van der Waals surface area contributed by atoms with Crippen molar-refractivity contribution in [2.75, 3.05) is 50.8 Å². The number of piperidine rings is 3. The summed E-state index contributed by atoms with van der Waals surface area (Å²) in [6.45, 7) is 8.77. The maximum Gasteiger partial charge on any atom is 0.260 e. The number of nitrogens with zero attached hydrogens (tertiary/aromatic N) is 5. The first-order chi connectivity index (χ1) is 27.1. The van der Waals surface area contributed by atoms with Crippen molar-refractivity contribution in [2.24, 2.45) is 11.8 Å². The van der Waals surface area contributed by atoms with E-state index in [9.17, 15) is 19.2 Å². The highest BCUT2D eigenvalue weighted by Crippen LogP contribution is 2.33. The Morgan fingerprint density at radius 3 is 2.36 bits per heavy atom. The van der Waals surface area contributed by atoms with Crippen LogP contribution in [0.4, 0.5) is 14.5 Å². The van der Waals surface area contributed by atoms with Gasteiger partial charge in [0.15, 0.2) is 6.61 Å². The molecule has 5 heterocycles. The lowest BCUT2D eigenvalue weighted by molar-refractivity contribution is -0.135. The first-order valence-electron chi connectivity index (χ1n) is 20.1. The quantitative estimate of drug-likeness (QED) is 0.148. The van der Waals surface area contributed by atoms with Gasteiger partial charge in [0.05, 0.1) is 17.5 Å². The minimum absolute atomic E-state index is 0.0467. The fraction of sp³-hybridized carbons (Fsp3) is 0.477. The summed E-state index contributed by atoms with van der Waals surface area (Å²) in [4.78, 5) is 60.3. The highest BCUT2D eigenvalue weighted by atomic mass is 19.1. The lowest BCUT2D eigenvalue weighted by Gasteiger charge is -2.37. The van der Waals surface area contributed by atoms with Crippen LogP contribution in [-0.2, 0) is 27.3 Å². The molecule has 3 saturated heterocycles. The number of hydrogen-bond donors (Lipinski definition) is 0. The van der Waals surface area contributed by atoms with E-state index in [0.29, 0.717) is 78.3 Å². The van der Waals surface area contributed by atoms with Crippen molar-refractivity contribution in [2.45, 2.75) is 78.2 Å². The molecule has 0 bridgehead atoms. The van der Waals surface area contributed by atoms with Gasteiger partial charge in [0.2, 0.25) is 5.91 Å². The fourth-order valence-corrected chi connectivity index (χ4v) is 8.48. The number of unbranched alkanes of at least 4 members (excludes halogenated alkanes) is 1. The van der Waals surface area contributed by atoms with Crippen molar-refractivity contribution in [3.8, 4) is 16.9 Å². The van der Waals surface area contributed by atoms with Crippen LogP contribution < -0.4 is 15.2 Å². The molecule has 4 aromatic rings. The number of aromatic nitrogens is 2. The number of ketones is 1. The Balaban J connectivity index is 0.878. The molecule has 0 N–H and O–H groups in total. The molecule has 2 aromatic carbocycles. The Morgan fingerprint density at radius 1 is 0.911 bits per heavy atom. The molecule has 56 heavy (non-hydrogen) atoms. The molecule has 2 aromatic heterocycles. The van der Waals surface area contributed by atoms with E-state index in [0.717, 1.165) is 63.7 Å². The highest BCUT2D eigenvalue weighted by Gasteiger charge is 2.29. The van der Waals surface area contributed by atoms with E-state index in [1.54, 1.807) is 40.1 Å². The van der Waals surface area contributed by atoms with Crippen LogP contribution in [0.15, 0.2) is 59.8 Å². The molecule has 0 spiro atoms. The number of Topliss-reactive ketones (excluding diaryl/α,β-unsaturated/α-hetero) is 1. The zero-order valence-corrected chi connectivity index (χ0v) is 32.4. The van der Waals surface area contributed by atoms with E-state index >= 15 is 8.78 Å². The lowest BCUT2D eigenvalue weighted by Crippen LogP contribution is -2.44. The molecule has 12 heteroatoms. The van der Waals surface area contributed by atoms with Gasteiger partial charge in [0, 0.05) is 74.9 Å². The molecule has 3 fully saturated rings. The fourth-order valence-electron chi connectivity index (χ4n) is 8.48. The van der Waals surface area contributed by atoms with Crippen LogP contribution in [0, 0.1) is 30.4 Å². The highest BCUT2D eigenvalue weighted by molar-refractivity contribution is 6.08. The van der Waals surface area contributed by atoms with Crippen LogP contribution in [0.25, 0.3) is 21.9 Å². The van der Waals surface area contributed by atoms with Gasteiger partial charge < -0.3 is 24.0 Å². The van der Waals surface area contributed by atoms with Crippen molar-refractivity contribution in [3.05, 3.63) is 88.1 Å². The molecule has 0 saturated carbocycles. The normalized spacial score (nSPS) is 17.6. The Kier molecular flexibility index (Phi) is 12.2. The molecule has 7 rings (SSSR count). The average Bonchev–Trinajstić information content (AvgIpc) is 3.19. The zero-order chi connectivity index (χ0) is 39.3. The molecule has 2 amide bonds. The van der Waals surface area contributed by atoms with Crippen molar-refractivity contribution >= 4 is 34.1 Å². The number of aryl methyl sites for hydroxylation is 2. The molecular formula is C44H51F2N5O5. The van der Waals surface area contributed by atoms with Gasteiger partial charge in [-0.2, -0.15) is 0 Å². The number of anilines is 1. The van der Waals surface area contributed by atoms with Crippen LogP contribution in [0.3, 0.4) is 0 Å². The Hall–Kier alpha value is -4.97. The minimum atomic E-state index is -0.557. The van der Waals surface area contributed by atoms with Crippen molar-refractivity contribution in [3.63, 3.8) is 0 Å². The van der Waals surface area contributed by atoms with E-state index in [1.165, 1.54) is 18.3 Å². The molecule has 0 aliphatic carbocycles. The summed E-state index contributed by atoms with van der Waals surface area (Å²) in [6, 6.07) is 9.97. The maximum atomic E-state index is 15.7. The van der Waals surface area contributed by atoms with Crippen LogP contribution in [0.1, 0.15) is 69.4 Å². The summed E-state index contributed by atoms with van der Waals surface area (Å²) in [7, 11) is 0. The number of likely N-dealkylation sites (tertiary alicyclic amines) is 2.